The lowest BCUT2D eigenvalue weighted by atomic mass is 10.1. The number of nitrogens with one attached hydrogen (secondary N) is 1. The third-order valence-electron chi connectivity index (χ3n) is 4.23. The van der Waals surface area contributed by atoms with Gasteiger partial charge in [0.05, 0.1) is 16.7 Å². The summed E-state index contributed by atoms with van der Waals surface area (Å²) in [5.41, 5.74) is 3.16. The van der Waals surface area contributed by atoms with Crippen LogP contribution in [0.1, 0.15) is 21.5 Å². The Morgan fingerprint density at radius 1 is 1.11 bits per heavy atom. The molecule has 0 aliphatic heterocycles. The molecule has 5 nitrogen and oxygen atoms in total. The highest BCUT2D eigenvalue weighted by Gasteiger charge is 2.20. The number of amides is 2. The van der Waals surface area contributed by atoms with E-state index in [1.807, 2.05) is 32.0 Å². The van der Waals surface area contributed by atoms with Gasteiger partial charge in [0.1, 0.15) is 6.54 Å². The molecule has 0 aromatic heterocycles. The van der Waals surface area contributed by atoms with Gasteiger partial charge in [-0.25, -0.2) is 0 Å². The predicted octanol–water partition coefficient (Wildman–Crippen LogP) is 4.34. The number of rotatable bonds is 7. The third-order valence-corrected chi connectivity index (χ3v) is 4.97. The van der Waals surface area contributed by atoms with Crippen LogP contribution in [0.4, 0.5) is 5.69 Å². The van der Waals surface area contributed by atoms with Crippen molar-refractivity contribution in [1.82, 2.24) is 4.90 Å². The summed E-state index contributed by atoms with van der Waals surface area (Å²) in [5.74, 6) is -0.602. The molecule has 2 aromatic rings. The Balaban J connectivity index is 2.15. The lowest BCUT2D eigenvalue weighted by Gasteiger charge is -2.22. The molecule has 7 heteroatoms. The molecule has 144 valence electrons. The van der Waals surface area contributed by atoms with Crippen LogP contribution in [0.3, 0.4) is 0 Å². The number of nitrogens with zero attached hydrogens (tertiary/aromatic N) is 1. The van der Waals surface area contributed by atoms with Crippen molar-refractivity contribution < 1.29 is 14.3 Å². The van der Waals surface area contributed by atoms with Crippen molar-refractivity contribution in [2.24, 2.45) is 0 Å². The molecule has 0 saturated heterocycles. The Morgan fingerprint density at radius 2 is 1.85 bits per heavy atom. The molecule has 0 atom stereocenters. The van der Waals surface area contributed by atoms with Gasteiger partial charge in [0.2, 0.25) is 5.91 Å². The van der Waals surface area contributed by atoms with Crippen LogP contribution in [-0.2, 0) is 9.53 Å². The summed E-state index contributed by atoms with van der Waals surface area (Å²) in [4.78, 5) is 26.7. The highest BCUT2D eigenvalue weighted by atomic mass is 35.5. The molecule has 2 amide bonds. The van der Waals surface area contributed by atoms with E-state index < -0.39 is 0 Å². The van der Waals surface area contributed by atoms with Crippen LogP contribution in [0.15, 0.2) is 36.4 Å². The van der Waals surface area contributed by atoms with E-state index in [0.29, 0.717) is 17.2 Å². The zero-order chi connectivity index (χ0) is 20.0. The molecule has 0 spiro atoms. The lowest BCUT2D eigenvalue weighted by Crippen LogP contribution is -2.40. The molecule has 2 rings (SSSR count). The minimum Gasteiger partial charge on any atom is -0.383 e. The highest BCUT2D eigenvalue weighted by molar-refractivity contribution is 6.42. The normalized spacial score (nSPS) is 10.6. The maximum absolute atomic E-state index is 12.8. The van der Waals surface area contributed by atoms with Crippen LogP contribution in [0.5, 0.6) is 0 Å². The van der Waals surface area contributed by atoms with Crippen molar-refractivity contribution in [3.05, 3.63) is 63.1 Å². The van der Waals surface area contributed by atoms with Crippen molar-refractivity contribution in [3.8, 4) is 0 Å². The van der Waals surface area contributed by atoms with Crippen molar-refractivity contribution >= 4 is 40.7 Å². The zero-order valence-electron chi connectivity index (χ0n) is 15.5. The number of aryl methyl sites for hydroxylation is 1. The molecule has 0 aliphatic carbocycles. The van der Waals surface area contributed by atoms with E-state index >= 15 is 0 Å². The minimum absolute atomic E-state index is 0.101. The van der Waals surface area contributed by atoms with Crippen molar-refractivity contribution in [1.29, 1.82) is 0 Å². The number of hydrogen-bond acceptors (Lipinski definition) is 3. The Hall–Kier alpha value is -2.08. The number of methoxy groups -OCH3 is 1. The van der Waals surface area contributed by atoms with Gasteiger partial charge in [-0.05, 0) is 49.2 Å². The van der Waals surface area contributed by atoms with E-state index in [9.17, 15) is 9.59 Å². The van der Waals surface area contributed by atoms with Gasteiger partial charge in [0.25, 0.3) is 5.91 Å². The molecule has 0 saturated carbocycles. The Morgan fingerprint density at radius 3 is 2.52 bits per heavy atom. The highest BCUT2D eigenvalue weighted by Crippen LogP contribution is 2.23. The monoisotopic (exact) mass is 408 g/mol. The fourth-order valence-corrected chi connectivity index (χ4v) is 2.81. The molecule has 2 aromatic carbocycles. The van der Waals surface area contributed by atoms with Crippen LogP contribution in [-0.4, -0.2) is 43.5 Å². The number of halogens is 2. The molecule has 0 heterocycles. The fourth-order valence-electron chi connectivity index (χ4n) is 2.52. The second-order valence-electron chi connectivity index (χ2n) is 6.14. The summed E-state index contributed by atoms with van der Waals surface area (Å²) < 4.78 is 5.06. The molecule has 0 aliphatic rings. The van der Waals surface area contributed by atoms with E-state index in [-0.39, 0.29) is 29.9 Å². The second kappa shape index (κ2) is 9.74. The van der Waals surface area contributed by atoms with E-state index in [0.717, 1.165) is 16.8 Å². The maximum Gasteiger partial charge on any atom is 0.254 e. The van der Waals surface area contributed by atoms with E-state index in [1.54, 1.807) is 12.1 Å². The van der Waals surface area contributed by atoms with Gasteiger partial charge in [-0.2, -0.15) is 0 Å². The first-order chi connectivity index (χ1) is 12.8. The van der Waals surface area contributed by atoms with Gasteiger partial charge in [0.15, 0.2) is 0 Å². The minimum atomic E-state index is -0.318. The van der Waals surface area contributed by atoms with Gasteiger partial charge in [-0.15, -0.1) is 0 Å². The maximum atomic E-state index is 12.8. The average Bonchev–Trinajstić information content (AvgIpc) is 2.64. The van der Waals surface area contributed by atoms with Crippen LogP contribution < -0.4 is 5.32 Å². The zero-order valence-corrected chi connectivity index (χ0v) is 17.0. The average molecular weight is 409 g/mol. The van der Waals surface area contributed by atoms with Gasteiger partial charge in [-0.3, -0.25) is 9.59 Å². The molecule has 0 radical (unpaired) electrons. The fraction of sp³-hybridized carbons (Fsp3) is 0.300. The molecule has 27 heavy (non-hydrogen) atoms. The Bertz CT molecular complexity index is 840. The number of hydrogen-bond donors (Lipinski definition) is 1. The Kier molecular flexibility index (Phi) is 7.66. The third kappa shape index (κ3) is 5.70. The largest absolute Gasteiger partial charge is 0.383 e. The molecule has 1 N–H and O–H groups in total. The summed E-state index contributed by atoms with van der Waals surface area (Å²) >= 11 is 11.9. The molecular weight excluding hydrogens is 387 g/mol. The van der Waals surface area contributed by atoms with Crippen LogP contribution in [0.2, 0.25) is 10.0 Å². The van der Waals surface area contributed by atoms with Gasteiger partial charge in [-0.1, -0.05) is 35.3 Å². The van der Waals surface area contributed by atoms with E-state index in [4.69, 9.17) is 27.9 Å². The number of anilines is 1. The molecule has 0 unspecified atom stereocenters. The SMILES string of the molecule is COCCN(CC(=O)Nc1cccc(C)c1C)C(=O)c1ccc(Cl)c(Cl)c1. The first-order valence-electron chi connectivity index (χ1n) is 8.42. The second-order valence-corrected chi connectivity index (χ2v) is 6.96. The Labute approximate surface area is 169 Å². The first-order valence-corrected chi connectivity index (χ1v) is 9.18. The predicted molar refractivity (Wildman–Crippen MR) is 109 cm³/mol. The van der Waals surface area contributed by atoms with E-state index in [2.05, 4.69) is 5.32 Å². The van der Waals surface area contributed by atoms with Crippen LogP contribution in [0.25, 0.3) is 0 Å². The standard InChI is InChI=1S/C20H22Cl2N2O3/c1-13-5-4-6-18(14(13)2)23-19(25)12-24(9-10-27-3)20(26)15-7-8-16(21)17(22)11-15/h4-8,11H,9-10,12H2,1-3H3,(H,23,25). The summed E-state index contributed by atoms with van der Waals surface area (Å²) in [6.07, 6.45) is 0. The summed E-state index contributed by atoms with van der Waals surface area (Å²) in [5, 5.41) is 3.52. The number of carbonyl (C=O) groups excluding carboxylic acids is 2. The number of carbonyl (C=O) groups is 2. The molecular formula is C20H22Cl2N2O3. The summed E-state index contributed by atoms with van der Waals surface area (Å²) in [6.45, 7) is 4.40. The summed E-state index contributed by atoms with van der Waals surface area (Å²) in [7, 11) is 1.54. The summed E-state index contributed by atoms with van der Waals surface area (Å²) in [6, 6.07) is 10.3. The van der Waals surface area contributed by atoms with E-state index in [1.165, 1.54) is 18.1 Å². The first kappa shape index (κ1) is 21.2. The lowest BCUT2D eigenvalue weighted by molar-refractivity contribution is -0.117. The number of benzene rings is 2. The van der Waals surface area contributed by atoms with Crippen LogP contribution in [0, 0.1) is 13.8 Å². The van der Waals surface area contributed by atoms with Gasteiger partial charge >= 0.3 is 0 Å². The molecule has 0 bridgehead atoms. The van der Waals surface area contributed by atoms with Crippen molar-refractivity contribution in [2.45, 2.75) is 13.8 Å². The smallest absolute Gasteiger partial charge is 0.254 e. The molecule has 0 fully saturated rings. The van der Waals surface area contributed by atoms with Crippen LogP contribution >= 0.6 is 23.2 Å². The van der Waals surface area contributed by atoms with Gasteiger partial charge in [0, 0.05) is 24.9 Å². The van der Waals surface area contributed by atoms with Crippen molar-refractivity contribution in [2.75, 3.05) is 32.1 Å². The van der Waals surface area contributed by atoms with Crippen molar-refractivity contribution in [3.63, 3.8) is 0 Å². The quantitative estimate of drug-likeness (QED) is 0.740. The topological polar surface area (TPSA) is 58.6 Å². The number of ether oxygens (including phenoxy) is 1. The van der Waals surface area contributed by atoms with Gasteiger partial charge < -0.3 is 15.0 Å².